The minimum atomic E-state index is 0.333. The maximum Gasteiger partial charge on any atom is 0.193 e. The van der Waals surface area contributed by atoms with Crippen molar-refractivity contribution in [2.75, 3.05) is 18.5 Å². The summed E-state index contributed by atoms with van der Waals surface area (Å²) in [5, 5.41) is 7.29. The van der Waals surface area contributed by atoms with Crippen LogP contribution in [0.1, 0.15) is 12.1 Å². The minimum absolute atomic E-state index is 0.333. The lowest BCUT2D eigenvalue weighted by molar-refractivity contribution is 0.297. The van der Waals surface area contributed by atoms with E-state index in [-0.39, 0.29) is 0 Å². The quantitative estimate of drug-likeness (QED) is 0.663. The van der Waals surface area contributed by atoms with Gasteiger partial charge < -0.3 is 20.5 Å². The molecule has 0 spiro atoms. The van der Waals surface area contributed by atoms with Crippen molar-refractivity contribution in [2.24, 2.45) is 17.8 Å². The van der Waals surface area contributed by atoms with Crippen LogP contribution in [0.3, 0.4) is 0 Å². The Morgan fingerprint density at radius 3 is 2.91 bits per heavy atom. The van der Waals surface area contributed by atoms with Crippen molar-refractivity contribution in [1.29, 1.82) is 0 Å². The number of aliphatic imine (C=N–C) groups is 1. The number of fused-ring (bicyclic) bond motifs is 1. The SMILES string of the molecule is Cn1ccc(CN=C(N)Nc2ccc3c(c2)OCCCO3)n1. The number of benzene rings is 1. The van der Waals surface area contributed by atoms with Gasteiger partial charge in [0.2, 0.25) is 0 Å². The maximum atomic E-state index is 5.90. The van der Waals surface area contributed by atoms with E-state index in [0.717, 1.165) is 29.3 Å². The van der Waals surface area contributed by atoms with Crippen LogP contribution in [0.15, 0.2) is 35.5 Å². The van der Waals surface area contributed by atoms with E-state index >= 15 is 0 Å². The van der Waals surface area contributed by atoms with Gasteiger partial charge in [0.25, 0.3) is 0 Å². The summed E-state index contributed by atoms with van der Waals surface area (Å²) in [6, 6.07) is 7.53. The van der Waals surface area contributed by atoms with Crippen LogP contribution < -0.4 is 20.5 Å². The lowest BCUT2D eigenvalue weighted by Crippen LogP contribution is -2.22. The molecule has 0 amide bonds. The molecule has 0 aliphatic carbocycles. The van der Waals surface area contributed by atoms with Gasteiger partial charge in [0.1, 0.15) is 0 Å². The number of guanidine groups is 1. The third-order valence-electron chi connectivity index (χ3n) is 3.20. The molecule has 0 fully saturated rings. The van der Waals surface area contributed by atoms with Crippen LogP contribution in [0.4, 0.5) is 5.69 Å². The fourth-order valence-electron chi connectivity index (χ4n) is 2.14. The van der Waals surface area contributed by atoms with E-state index in [4.69, 9.17) is 15.2 Å². The Balaban J connectivity index is 1.65. The van der Waals surface area contributed by atoms with Crippen LogP contribution in [-0.4, -0.2) is 29.0 Å². The third-order valence-corrected chi connectivity index (χ3v) is 3.20. The van der Waals surface area contributed by atoms with Crippen molar-refractivity contribution in [1.82, 2.24) is 9.78 Å². The average molecular weight is 301 g/mol. The van der Waals surface area contributed by atoms with Gasteiger partial charge in [-0.25, -0.2) is 4.99 Å². The molecule has 1 aromatic carbocycles. The first-order valence-electron chi connectivity index (χ1n) is 7.16. The summed E-state index contributed by atoms with van der Waals surface area (Å²) < 4.78 is 13.0. The Morgan fingerprint density at radius 1 is 1.32 bits per heavy atom. The summed E-state index contributed by atoms with van der Waals surface area (Å²) in [7, 11) is 1.87. The van der Waals surface area contributed by atoms with E-state index in [1.54, 1.807) is 4.68 Å². The number of hydrogen-bond donors (Lipinski definition) is 2. The predicted octanol–water partition coefficient (Wildman–Crippen LogP) is 1.51. The zero-order valence-electron chi connectivity index (χ0n) is 12.5. The highest BCUT2D eigenvalue weighted by molar-refractivity contribution is 5.92. The Morgan fingerprint density at radius 2 is 2.14 bits per heavy atom. The zero-order chi connectivity index (χ0) is 15.4. The summed E-state index contributed by atoms with van der Waals surface area (Å²) in [4.78, 5) is 4.27. The van der Waals surface area contributed by atoms with E-state index in [9.17, 15) is 0 Å². The molecule has 0 unspecified atom stereocenters. The van der Waals surface area contributed by atoms with Gasteiger partial charge in [0.15, 0.2) is 17.5 Å². The maximum absolute atomic E-state index is 5.90. The normalized spacial score (nSPS) is 14.5. The molecule has 7 heteroatoms. The first-order valence-corrected chi connectivity index (χ1v) is 7.16. The number of anilines is 1. The number of aryl methyl sites for hydroxylation is 1. The highest BCUT2D eigenvalue weighted by atomic mass is 16.5. The van der Waals surface area contributed by atoms with Gasteiger partial charge in [-0.15, -0.1) is 0 Å². The van der Waals surface area contributed by atoms with E-state index in [1.807, 2.05) is 37.5 Å². The molecule has 1 aliphatic heterocycles. The van der Waals surface area contributed by atoms with Gasteiger partial charge in [-0.1, -0.05) is 0 Å². The van der Waals surface area contributed by atoms with E-state index in [2.05, 4.69) is 15.4 Å². The second-order valence-electron chi connectivity index (χ2n) is 5.02. The number of nitrogens with zero attached hydrogens (tertiary/aromatic N) is 3. The van der Waals surface area contributed by atoms with Gasteiger partial charge in [0.05, 0.1) is 25.5 Å². The molecule has 116 valence electrons. The summed E-state index contributed by atoms with van der Waals surface area (Å²) in [6.07, 6.45) is 2.75. The van der Waals surface area contributed by atoms with Crippen LogP contribution in [0.5, 0.6) is 11.5 Å². The summed E-state index contributed by atoms with van der Waals surface area (Å²) in [5.74, 6) is 1.81. The Labute approximate surface area is 128 Å². The molecular weight excluding hydrogens is 282 g/mol. The summed E-state index contributed by atoms with van der Waals surface area (Å²) in [6.45, 7) is 1.76. The summed E-state index contributed by atoms with van der Waals surface area (Å²) in [5.41, 5.74) is 7.58. The Bertz CT molecular complexity index is 680. The van der Waals surface area contributed by atoms with Gasteiger partial charge in [-0.2, -0.15) is 5.10 Å². The van der Waals surface area contributed by atoms with Gasteiger partial charge in [-0.05, 0) is 18.2 Å². The van der Waals surface area contributed by atoms with Gasteiger partial charge in [-0.3, -0.25) is 4.68 Å². The molecule has 1 aromatic heterocycles. The molecule has 0 radical (unpaired) electrons. The fourth-order valence-corrected chi connectivity index (χ4v) is 2.14. The number of nitrogens with two attached hydrogens (primary N) is 1. The standard InChI is InChI=1S/C15H19N5O2/c1-20-6-5-12(19-20)10-17-15(16)18-11-3-4-13-14(9-11)22-8-2-7-21-13/h3-6,9H,2,7-8,10H2,1H3,(H3,16,17,18). The van der Waals surface area contributed by atoms with Crippen molar-refractivity contribution >= 4 is 11.6 Å². The highest BCUT2D eigenvalue weighted by Crippen LogP contribution is 2.32. The second-order valence-corrected chi connectivity index (χ2v) is 5.02. The monoisotopic (exact) mass is 301 g/mol. The largest absolute Gasteiger partial charge is 0.490 e. The van der Waals surface area contributed by atoms with Crippen molar-refractivity contribution < 1.29 is 9.47 Å². The molecular formula is C15H19N5O2. The number of aromatic nitrogens is 2. The van der Waals surface area contributed by atoms with Crippen LogP contribution in [0.25, 0.3) is 0 Å². The fraction of sp³-hybridized carbons (Fsp3) is 0.333. The van der Waals surface area contributed by atoms with Crippen LogP contribution in [0, 0.1) is 0 Å². The summed E-state index contributed by atoms with van der Waals surface area (Å²) >= 11 is 0. The smallest absolute Gasteiger partial charge is 0.193 e. The first kappa shape index (κ1) is 14.2. The molecule has 22 heavy (non-hydrogen) atoms. The van der Waals surface area contributed by atoms with Crippen molar-refractivity contribution in [3.8, 4) is 11.5 Å². The number of hydrogen-bond acceptors (Lipinski definition) is 4. The van der Waals surface area contributed by atoms with Crippen molar-refractivity contribution in [2.45, 2.75) is 13.0 Å². The highest BCUT2D eigenvalue weighted by Gasteiger charge is 2.10. The van der Waals surface area contributed by atoms with Crippen molar-refractivity contribution in [3.63, 3.8) is 0 Å². The lowest BCUT2D eigenvalue weighted by atomic mass is 10.3. The minimum Gasteiger partial charge on any atom is -0.490 e. The molecule has 7 nitrogen and oxygen atoms in total. The predicted molar refractivity (Wildman–Crippen MR) is 84.2 cm³/mol. The molecule has 2 aromatic rings. The van der Waals surface area contributed by atoms with Crippen LogP contribution >= 0.6 is 0 Å². The van der Waals surface area contributed by atoms with Gasteiger partial charge >= 0.3 is 0 Å². The molecule has 1 aliphatic rings. The Hall–Kier alpha value is -2.70. The number of nitrogens with one attached hydrogen (secondary N) is 1. The molecule has 0 saturated heterocycles. The molecule has 2 heterocycles. The van der Waals surface area contributed by atoms with Crippen LogP contribution in [-0.2, 0) is 13.6 Å². The zero-order valence-corrected chi connectivity index (χ0v) is 12.5. The third kappa shape index (κ3) is 3.49. The molecule has 3 rings (SSSR count). The van der Waals surface area contributed by atoms with Crippen molar-refractivity contribution in [3.05, 3.63) is 36.2 Å². The molecule has 0 atom stereocenters. The number of ether oxygens (including phenoxy) is 2. The number of rotatable bonds is 3. The molecule has 3 N–H and O–H groups in total. The topological polar surface area (TPSA) is 86.7 Å². The molecule has 0 bridgehead atoms. The first-order chi connectivity index (χ1) is 10.7. The van der Waals surface area contributed by atoms with Gasteiger partial charge in [0, 0.05) is 31.4 Å². The lowest BCUT2D eigenvalue weighted by Gasteiger charge is -2.10. The second kappa shape index (κ2) is 6.38. The van der Waals surface area contributed by atoms with E-state index in [1.165, 1.54) is 0 Å². The Kier molecular flexibility index (Phi) is 4.13. The van der Waals surface area contributed by atoms with Crippen LogP contribution in [0.2, 0.25) is 0 Å². The molecule has 0 saturated carbocycles. The average Bonchev–Trinajstić information content (AvgIpc) is 2.78. The van der Waals surface area contributed by atoms with E-state index < -0.39 is 0 Å². The van der Waals surface area contributed by atoms with E-state index in [0.29, 0.717) is 25.7 Å².